The molecule has 35 heteroatoms. The first-order valence-corrected chi connectivity index (χ1v) is 37.7. The zero-order valence-electron chi connectivity index (χ0n) is 59.8. The maximum absolute atomic E-state index is 12.8. The lowest BCUT2D eigenvalue weighted by molar-refractivity contribution is -0.432. The number of carbonyl (C=O) groups is 15. The third-order valence-corrected chi connectivity index (χ3v) is 19.8. The number of hydroxylamine groups is 2. The van der Waals surface area contributed by atoms with Gasteiger partial charge in [0.2, 0.25) is 23.6 Å². The third kappa shape index (κ3) is 35.0. The van der Waals surface area contributed by atoms with Gasteiger partial charge in [0.1, 0.15) is 30.0 Å². The van der Waals surface area contributed by atoms with Crippen LogP contribution in [0.4, 0.5) is 0 Å². The summed E-state index contributed by atoms with van der Waals surface area (Å²) in [6.07, 6.45) is 15.7. The molecule has 10 amide bonds. The summed E-state index contributed by atoms with van der Waals surface area (Å²) in [5.41, 5.74) is 16.4. The summed E-state index contributed by atoms with van der Waals surface area (Å²) >= 11 is 5.67. The molecular formula is C69H111N9O23S3. The topological polar surface area (TPSA) is 456 Å². The molecule has 3 saturated carbocycles. The summed E-state index contributed by atoms with van der Waals surface area (Å²) in [6, 6.07) is -1.17. The molecule has 9 N–H and O–H groups in total. The van der Waals surface area contributed by atoms with Crippen LogP contribution in [-0.2, 0) is 105 Å². The molecular weight excluding hydrogens is 1420 g/mol. The average Bonchev–Trinajstić information content (AvgIpc) is 1.67. The predicted molar refractivity (Wildman–Crippen MR) is 386 cm³/mol. The molecule has 5 fully saturated rings. The summed E-state index contributed by atoms with van der Waals surface area (Å²) in [7, 11) is 0. The van der Waals surface area contributed by atoms with E-state index in [4.69, 9.17) is 46.2 Å². The monoisotopic (exact) mass is 1530 g/mol. The highest BCUT2D eigenvalue weighted by Gasteiger charge is 2.45. The average molecular weight is 1530 g/mol. The second-order valence-electron chi connectivity index (χ2n) is 25.6. The van der Waals surface area contributed by atoms with Gasteiger partial charge in [0.25, 0.3) is 35.4 Å². The Morgan fingerprint density at radius 3 is 1.33 bits per heavy atom. The molecule has 588 valence electrons. The van der Waals surface area contributed by atoms with Gasteiger partial charge in [-0.3, -0.25) is 81.8 Å². The van der Waals surface area contributed by atoms with Gasteiger partial charge in [-0.05, 0) is 142 Å². The number of nitrogens with zero attached hydrogens (tertiary/aromatic N) is 4. The first kappa shape index (κ1) is 93.9. The highest BCUT2D eigenvalue weighted by atomic mass is 32.2. The van der Waals surface area contributed by atoms with Gasteiger partial charge in [-0.25, -0.2) is 10.1 Å². The van der Waals surface area contributed by atoms with E-state index in [2.05, 4.69) is 32.6 Å². The van der Waals surface area contributed by atoms with Gasteiger partial charge in [-0.15, -0.1) is 21.2 Å². The van der Waals surface area contributed by atoms with Crippen molar-refractivity contribution in [3.63, 3.8) is 0 Å². The van der Waals surface area contributed by atoms with Crippen LogP contribution in [0.15, 0.2) is 24.3 Å². The Bertz CT molecular complexity index is 2830. The van der Waals surface area contributed by atoms with Crippen molar-refractivity contribution in [2.45, 2.75) is 180 Å². The van der Waals surface area contributed by atoms with Crippen molar-refractivity contribution in [1.29, 1.82) is 0 Å². The quantitative estimate of drug-likeness (QED) is 0.0116. The zero-order chi connectivity index (χ0) is 76.4. The Kier molecular flexibility index (Phi) is 47.6. The fraction of sp³-hybridized carbons (Fsp3) is 0.725. The molecule has 104 heavy (non-hydrogen) atoms. The SMILES string of the molecule is C.CC(=O)COCCOCCCC(=O)[C@@H](N)CS.CCN.CCNC(=O)C1CCC(CN2C(=O)C=CC2=O)CC1.CCNC(=O)C1CCC(CN2C(=O)CC(SC[C@H](N)C(=O)CCCOCCOCC(C)=O)C2=O)CC1.O=C(ON1C(=O)CC(SOOO)C1=O)C1CCC(CN2C(=O)C=CC2=O)CC1. The van der Waals surface area contributed by atoms with Gasteiger partial charge >= 0.3 is 5.97 Å². The Hall–Kier alpha value is -6.22. The lowest BCUT2D eigenvalue weighted by Gasteiger charge is -2.30. The summed E-state index contributed by atoms with van der Waals surface area (Å²) < 4.78 is 24.9. The highest BCUT2D eigenvalue weighted by molar-refractivity contribution is 8.00. The lowest BCUT2D eigenvalue weighted by atomic mass is 9.81. The predicted octanol–water partition coefficient (Wildman–Crippen LogP) is 3.13. The van der Waals surface area contributed by atoms with Crippen LogP contribution >= 0.6 is 36.4 Å². The molecule has 0 bridgehead atoms. The number of imide groups is 4. The number of hydrogen-bond donors (Lipinski definition) is 7. The van der Waals surface area contributed by atoms with Crippen LogP contribution in [0.25, 0.3) is 0 Å². The summed E-state index contributed by atoms with van der Waals surface area (Å²) in [4.78, 5) is 185. The van der Waals surface area contributed by atoms with E-state index >= 15 is 0 Å². The molecule has 0 radical (unpaired) electrons. The summed E-state index contributed by atoms with van der Waals surface area (Å²) in [5.74, 6) is -2.58. The first-order valence-electron chi connectivity index (χ1n) is 35.2. The number of thioether (sulfide) groups is 1. The Balaban J connectivity index is 0.000000482. The van der Waals surface area contributed by atoms with Crippen molar-refractivity contribution < 1.29 is 110 Å². The minimum absolute atomic E-state index is 0. The van der Waals surface area contributed by atoms with Gasteiger partial charge in [0, 0.05) is 125 Å². The van der Waals surface area contributed by atoms with E-state index in [0.717, 1.165) is 57.9 Å². The molecule has 4 atom stereocenters. The number of nitrogens with two attached hydrogens (primary N) is 3. The van der Waals surface area contributed by atoms with E-state index in [9.17, 15) is 71.9 Å². The van der Waals surface area contributed by atoms with E-state index in [-0.39, 0.29) is 140 Å². The smallest absolute Gasteiger partial charge is 0.336 e. The molecule has 7 aliphatic rings. The molecule has 0 aromatic carbocycles. The lowest BCUT2D eigenvalue weighted by Crippen LogP contribution is -2.39. The number of likely N-dealkylation sites (tertiary alicyclic amines) is 1. The second-order valence-corrected chi connectivity index (χ2v) is 28.1. The van der Waals surface area contributed by atoms with Crippen LogP contribution in [0.5, 0.6) is 0 Å². The van der Waals surface area contributed by atoms with Crippen LogP contribution in [-0.4, -0.2) is 239 Å². The molecule has 0 spiro atoms. The molecule has 4 aliphatic heterocycles. The van der Waals surface area contributed by atoms with E-state index < -0.39 is 46.3 Å². The van der Waals surface area contributed by atoms with Crippen molar-refractivity contribution in [2.24, 2.45) is 52.7 Å². The van der Waals surface area contributed by atoms with Gasteiger partial charge in [0.05, 0.1) is 56.1 Å². The number of rotatable bonds is 39. The van der Waals surface area contributed by atoms with Crippen molar-refractivity contribution in [2.75, 3.05) is 104 Å². The standard InChI is InChI=1S/C25H41N3O7S.C16H18N2O9S.C14H20N2O3.C11H21NO4S.C2H7N.CH4/c1-3-27-24(32)19-8-6-18(7-9-19)14-28-23(31)13-22(25(28)33)36-16-20(26)21(30)5-4-10-34-11-12-35-15-17(2)29;19-12-5-6-13(20)17(12)8-9-1-3-10(4-2-9)16(23)25-18-14(21)7-11(15(18)22)28-27-26-24;1-2-15-14(19)11-5-3-10(4-6-11)9-16-12(17)7-8-13(16)18;1-9(13)7-16-6-5-15-4-2-3-11(14)10(12)8-17;1-2-3;/h18-20,22H,3-16,26H2,1-2H3,(H,27,32);5-6,9-11,24H,1-4,7-8H2;7-8,10-11H,2-6,9H2,1H3,(H,15,19);10,17H,2-8,12H2,1H3;2-3H2,1H3;1H4/t18?,19?,20-,22?;;;10-;;/m0..0../s1. The minimum atomic E-state index is -0.979. The van der Waals surface area contributed by atoms with Crippen molar-refractivity contribution in [3.05, 3.63) is 24.3 Å². The van der Waals surface area contributed by atoms with Gasteiger partial charge in [0.15, 0.2) is 11.6 Å². The maximum Gasteiger partial charge on any atom is 0.336 e. The zero-order valence-corrected chi connectivity index (χ0v) is 62.4. The number of hydrogen-bond acceptors (Lipinski definition) is 29. The summed E-state index contributed by atoms with van der Waals surface area (Å²) in [6.45, 7) is 14.5. The van der Waals surface area contributed by atoms with Gasteiger partial charge in [-0.2, -0.15) is 12.6 Å². The number of amides is 10. The van der Waals surface area contributed by atoms with Crippen LogP contribution < -0.4 is 27.8 Å². The van der Waals surface area contributed by atoms with Crippen LogP contribution in [0, 0.1) is 35.5 Å². The normalized spacial score (nSPS) is 22.6. The second kappa shape index (κ2) is 52.7. The number of nitrogens with one attached hydrogen (secondary N) is 2. The molecule has 7 rings (SSSR count). The minimum Gasteiger partial charge on any atom is -0.379 e. The first-order chi connectivity index (χ1) is 49.2. The number of ether oxygens (including phenoxy) is 4. The molecule has 2 saturated heterocycles. The van der Waals surface area contributed by atoms with Crippen molar-refractivity contribution in [1.82, 2.24) is 30.4 Å². The highest BCUT2D eigenvalue weighted by Crippen LogP contribution is 2.35. The number of Topliss-reactive ketones (excluding diaryl/α,β-unsaturated/α-hetero) is 4. The van der Waals surface area contributed by atoms with Gasteiger partial charge < -0.3 is 51.6 Å². The molecule has 4 heterocycles. The number of thiol groups is 1. The molecule has 32 nitrogen and oxygen atoms in total. The molecule has 2 unspecified atom stereocenters. The van der Waals surface area contributed by atoms with Crippen molar-refractivity contribution in [3.8, 4) is 0 Å². The number of ketones is 4. The van der Waals surface area contributed by atoms with E-state index in [1.165, 1.54) is 64.6 Å². The Morgan fingerprint density at radius 1 is 0.548 bits per heavy atom. The van der Waals surface area contributed by atoms with Crippen molar-refractivity contribution >= 4 is 125 Å². The number of carbonyl (C=O) groups excluding carboxylic acids is 15. The van der Waals surface area contributed by atoms with E-state index in [0.29, 0.717) is 146 Å². The summed E-state index contributed by atoms with van der Waals surface area (Å²) in [5, 5.41) is 16.2. The third-order valence-electron chi connectivity index (χ3n) is 17.4. The molecule has 0 aromatic heterocycles. The van der Waals surface area contributed by atoms with Crippen LogP contribution in [0.1, 0.15) is 158 Å². The Morgan fingerprint density at radius 2 is 0.933 bits per heavy atom. The van der Waals surface area contributed by atoms with E-state index in [1.54, 1.807) is 0 Å². The molecule has 0 aromatic rings. The fourth-order valence-electron chi connectivity index (χ4n) is 11.7. The maximum atomic E-state index is 12.8. The van der Waals surface area contributed by atoms with Gasteiger partial charge in [-0.1, -0.05) is 19.4 Å². The molecule has 3 aliphatic carbocycles. The van der Waals surface area contributed by atoms with Crippen LogP contribution in [0.3, 0.4) is 0 Å². The largest absolute Gasteiger partial charge is 0.379 e. The Labute approximate surface area is 623 Å². The van der Waals surface area contributed by atoms with E-state index in [1.807, 2.05) is 20.8 Å². The van der Waals surface area contributed by atoms with Crippen LogP contribution in [0.2, 0.25) is 0 Å². The fourth-order valence-corrected chi connectivity index (χ4v) is 13.6.